The highest BCUT2D eigenvalue weighted by Crippen LogP contribution is 2.31. The number of thioether (sulfide) groups is 1. The molecule has 4 rings (SSSR count). The molecule has 0 saturated carbocycles. The number of carbonyl (C=O) groups is 1. The van der Waals surface area contributed by atoms with Crippen molar-refractivity contribution < 1.29 is 9.53 Å². The Balaban J connectivity index is 1.57. The average molecular weight is 367 g/mol. The van der Waals surface area contributed by atoms with Gasteiger partial charge in [-0.25, -0.2) is 0 Å². The van der Waals surface area contributed by atoms with Crippen molar-refractivity contribution in [3.05, 3.63) is 54.1 Å². The molecule has 0 fully saturated rings. The van der Waals surface area contributed by atoms with Gasteiger partial charge in [0.05, 0.1) is 18.0 Å². The van der Waals surface area contributed by atoms with Crippen LogP contribution in [0.2, 0.25) is 0 Å². The summed E-state index contributed by atoms with van der Waals surface area (Å²) in [5.41, 5.74) is 2.82. The molecule has 0 spiro atoms. The van der Waals surface area contributed by atoms with Gasteiger partial charge in [0.25, 0.3) is 0 Å². The van der Waals surface area contributed by atoms with E-state index >= 15 is 0 Å². The number of ether oxygens (including phenoxy) is 1. The number of para-hydroxylation sites is 1. The monoisotopic (exact) mass is 367 g/mol. The fourth-order valence-electron chi connectivity index (χ4n) is 2.89. The van der Waals surface area contributed by atoms with Crippen LogP contribution >= 0.6 is 11.8 Å². The molecule has 1 aliphatic rings. The normalized spacial score (nSPS) is 16.5. The largest absolute Gasteiger partial charge is 0.497 e. The Morgan fingerprint density at radius 3 is 3.00 bits per heavy atom. The molecule has 3 aromatic rings. The SMILES string of the molecule is COc1cccc(-n2nnnc2S[C@@H]2CCc3ccccc3NC2=O)c1. The molecule has 7 nitrogen and oxygen atoms in total. The summed E-state index contributed by atoms with van der Waals surface area (Å²) in [6.07, 6.45) is 1.55. The molecular formula is C18H17N5O2S. The van der Waals surface area contributed by atoms with Crippen molar-refractivity contribution in [1.29, 1.82) is 0 Å². The number of anilines is 1. The summed E-state index contributed by atoms with van der Waals surface area (Å²) in [6.45, 7) is 0. The average Bonchev–Trinajstić information content (AvgIpc) is 3.07. The van der Waals surface area contributed by atoms with Gasteiger partial charge in [-0.2, -0.15) is 4.68 Å². The highest BCUT2D eigenvalue weighted by atomic mass is 32.2. The number of nitrogens with zero attached hydrogens (tertiary/aromatic N) is 4. The van der Waals surface area contributed by atoms with Gasteiger partial charge in [-0.15, -0.1) is 5.10 Å². The Labute approximate surface area is 154 Å². The van der Waals surface area contributed by atoms with Gasteiger partial charge < -0.3 is 10.1 Å². The number of rotatable bonds is 4. The number of nitrogens with one attached hydrogen (secondary N) is 1. The first-order chi connectivity index (χ1) is 12.7. The van der Waals surface area contributed by atoms with Crippen molar-refractivity contribution in [2.75, 3.05) is 12.4 Å². The molecule has 0 radical (unpaired) electrons. The summed E-state index contributed by atoms with van der Waals surface area (Å²) in [4.78, 5) is 12.6. The Morgan fingerprint density at radius 2 is 2.12 bits per heavy atom. The first-order valence-corrected chi connectivity index (χ1v) is 9.11. The number of amides is 1. The topological polar surface area (TPSA) is 81.9 Å². The molecular weight excluding hydrogens is 350 g/mol. The zero-order valence-electron chi connectivity index (χ0n) is 14.1. The third kappa shape index (κ3) is 3.28. The Bertz CT molecular complexity index is 943. The molecule has 26 heavy (non-hydrogen) atoms. The molecule has 0 unspecified atom stereocenters. The van der Waals surface area contributed by atoms with Crippen LogP contribution < -0.4 is 10.1 Å². The van der Waals surface area contributed by atoms with Crippen LogP contribution in [-0.4, -0.2) is 38.5 Å². The van der Waals surface area contributed by atoms with Crippen molar-refractivity contribution in [3.8, 4) is 11.4 Å². The zero-order valence-corrected chi connectivity index (χ0v) is 14.9. The van der Waals surface area contributed by atoms with E-state index in [4.69, 9.17) is 4.74 Å². The van der Waals surface area contributed by atoms with E-state index in [0.29, 0.717) is 5.16 Å². The standard InChI is InChI=1S/C18H17N5O2S/c1-25-14-7-4-6-13(11-14)23-18(20-21-22-23)26-16-10-9-12-5-2-3-8-15(12)19-17(16)24/h2-8,11,16H,9-10H2,1H3,(H,19,24)/t16-/m1/s1. The lowest BCUT2D eigenvalue weighted by Gasteiger charge is -2.12. The van der Waals surface area contributed by atoms with Gasteiger partial charge >= 0.3 is 0 Å². The van der Waals surface area contributed by atoms with Crippen LogP contribution in [-0.2, 0) is 11.2 Å². The van der Waals surface area contributed by atoms with E-state index in [1.54, 1.807) is 11.8 Å². The van der Waals surface area contributed by atoms with Gasteiger partial charge in [0.1, 0.15) is 5.75 Å². The minimum atomic E-state index is -0.266. The van der Waals surface area contributed by atoms with Gasteiger partial charge in [0.15, 0.2) is 0 Å². The van der Waals surface area contributed by atoms with Crippen molar-refractivity contribution in [2.45, 2.75) is 23.2 Å². The smallest absolute Gasteiger partial charge is 0.237 e. The number of methoxy groups -OCH3 is 1. The third-order valence-corrected chi connectivity index (χ3v) is 5.43. The van der Waals surface area contributed by atoms with E-state index in [2.05, 4.69) is 20.8 Å². The van der Waals surface area contributed by atoms with Crippen molar-refractivity contribution in [2.24, 2.45) is 0 Å². The first-order valence-electron chi connectivity index (χ1n) is 8.23. The maximum absolute atomic E-state index is 12.6. The van der Waals surface area contributed by atoms with Gasteiger partial charge in [-0.1, -0.05) is 36.0 Å². The lowest BCUT2D eigenvalue weighted by molar-refractivity contribution is -0.115. The summed E-state index contributed by atoms with van der Waals surface area (Å²) in [5, 5.41) is 15.3. The Morgan fingerprint density at radius 1 is 1.23 bits per heavy atom. The van der Waals surface area contributed by atoms with E-state index in [1.807, 2.05) is 48.5 Å². The highest BCUT2D eigenvalue weighted by Gasteiger charge is 2.26. The molecule has 0 aliphatic carbocycles. The molecule has 132 valence electrons. The number of hydrogen-bond donors (Lipinski definition) is 1. The highest BCUT2D eigenvalue weighted by molar-refractivity contribution is 8.00. The fraction of sp³-hybridized carbons (Fsp3) is 0.222. The molecule has 0 bridgehead atoms. The number of carbonyl (C=O) groups excluding carboxylic acids is 1. The Kier molecular flexibility index (Phi) is 4.57. The van der Waals surface area contributed by atoms with Crippen LogP contribution in [0.15, 0.2) is 53.7 Å². The van der Waals surface area contributed by atoms with Crippen molar-refractivity contribution in [3.63, 3.8) is 0 Å². The second-order valence-corrected chi connectivity index (χ2v) is 7.04. The summed E-state index contributed by atoms with van der Waals surface area (Å²) in [7, 11) is 1.61. The van der Waals surface area contributed by atoms with E-state index in [-0.39, 0.29) is 11.2 Å². The number of hydrogen-bond acceptors (Lipinski definition) is 6. The predicted molar refractivity (Wildman–Crippen MR) is 98.7 cm³/mol. The molecule has 1 amide bonds. The molecule has 1 N–H and O–H groups in total. The summed E-state index contributed by atoms with van der Waals surface area (Å²) >= 11 is 1.37. The van der Waals surface area contributed by atoms with Gasteiger partial charge in [-0.05, 0) is 47.0 Å². The van der Waals surface area contributed by atoms with E-state index in [9.17, 15) is 4.79 Å². The number of benzene rings is 2. The lowest BCUT2D eigenvalue weighted by Crippen LogP contribution is -2.24. The van der Waals surface area contributed by atoms with Gasteiger partial charge in [-0.3, -0.25) is 4.79 Å². The third-order valence-electron chi connectivity index (χ3n) is 4.23. The number of tetrazole rings is 1. The van der Waals surface area contributed by atoms with Crippen LogP contribution in [0.25, 0.3) is 5.69 Å². The maximum Gasteiger partial charge on any atom is 0.237 e. The van der Waals surface area contributed by atoms with E-state index in [1.165, 1.54) is 11.8 Å². The molecule has 1 atom stereocenters. The number of fused-ring (bicyclic) bond motifs is 1. The molecule has 2 heterocycles. The fourth-order valence-corrected chi connectivity index (χ4v) is 3.87. The minimum Gasteiger partial charge on any atom is -0.497 e. The van der Waals surface area contributed by atoms with Crippen LogP contribution in [0, 0.1) is 0 Å². The van der Waals surface area contributed by atoms with Gasteiger partial charge in [0.2, 0.25) is 11.1 Å². The van der Waals surface area contributed by atoms with Crippen LogP contribution in [0.4, 0.5) is 5.69 Å². The molecule has 1 aliphatic heterocycles. The summed E-state index contributed by atoms with van der Waals surface area (Å²) in [5.74, 6) is 0.691. The van der Waals surface area contributed by atoms with Crippen LogP contribution in [0.1, 0.15) is 12.0 Å². The molecule has 8 heteroatoms. The maximum atomic E-state index is 12.6. The molecule has 1 aromatic heterocycles. The zero-order chi connectivity index (χ0) is 17.9. The lowest BCUT2D eigenvalue weighted by atomic mass is 10.1. The Hall–Kier alpha value is -2.87. The van der Waals surface area contributed by atoms with Crippen LogP contribution in [0.5, 0.6) is 5.75 Å². The second kappa shape index (κ2) is 7.17. The van der Waals surface area contributed by atoms with Gasteiger partial charge in [0, 0.05) is 11.8 Å². The van der Waals surface area contributed by atoms with E-state index < -0.39 is 0 Å². The summed E-state index contributed by atoms with van der Waals surface area (Å²) < 4.78 is 6.88. The summed E-state index contributed by atoms with van der Waals surface area (Å²) in [6, 6.07) is 15.4. The number of aryl methyl sites for hydroxylation is 1. The minimum absolute atomic E-state index is 0.0276. The second-order valence-electron chi connectivity index (χ2n) is 5.87. The number of aromatic nitrogens is 4. The predicted octanol–water partition coefficient (Wildman–Crippen LogP) is 2.72. The molecule has 0 saturated heterocycles. The van der Waals surface area contributed by atoms with Crippen molar-refractivity contribution >= 4 is 23.4 Å². The first kappa shape index (κ1) is 16.6. The van der Waals surface area contributed by atoms with E-state index in [0.717, 1.165) is 35.5 Å². The molecule has 2 aromatic carbocycles. The van der Waals surface area contributed by atoms with Crippen molar-refractivity contribution in [1.82, 2.24) is 20.2 Å². The van der Waals surface area contributed by atoms with Crippen LogP contribution in [0.3, 0.4) is 0 Å². The quantitative estimate of drug-likeness (QED) is 0.764.